The lowest BCUT2D eigenvalue weighted by atomic mass is 9.80. The number of benzene rings is 2. The monoisotopic (exact) mass is 535 g/mol. The van der Waals surface area contributed by atoms with E-state index in [0.717, 1.165) is 47.9 Å². The van der Waals surface area contributed by atoms with Crippen molar-refractivity contribution >= 4 is 37.2 Å². The summed E-state index contributed by atoms with van der Waals surface area (Å²) in [6, 6.07) is 12.6. The van der Waals surface area contributed by atoms with E-state index in [1.165, 1.54) is 6.07 Å². The van der Waals surface area contributed by atoms with E-state index in [-0.39, 0.29) is 37.1 Å². The molecule has 5 rings (SSSR count). The zero-order valence-electron chi connectivity index (χ0n) is 22.0. The highest BCUT2D eigenvalue weighted by molar-refractivity contribution is 7.59. The van der Waals surface area contributed by atoms with Gasteiger partial charge in [0.05, 0.1) is 19.1 Å². The summed E-state index contributed by atoms with van der Waals surface area (Å²) in [6.45, 7) is 4.37. The first-order chi connectivity index (χ1) is 17.8. The predicted molar refractivity (Wildman–Crippen MR) is 153 cm³/mol. The molecule has 1 fully saturated rings. The molecule has 38 heavy (non-hydrogen) atoms. The highest BCUT2D eigenvalue weighted by Crippen LogP contribution is 2.49. The minimum Gasteiger partial charge on any atom is -0.497 e. The first-order valence-electron chi connectivity index (χ1n) is 12.8. The van der Waals surface area contributed by atoms with E-state index in [1.54, 1.807) is 19.2 Å². The van der Waals surface area contributed by atoms with Crippen molar-refractivity contribution < 1.29 is 23.6 Å². The van der Waals surface area contributed by atoms with Crippen molar-refractivity contribution in [1.82, 2.24) is 5.16 Å². The molecule has 3 aromatic rings. The van der Waals surface area contributed by atoms with Crippen molar-refractivity contribution in [3.63, 3.8) is 0 Å². The van der Waals surface area contributed by atoms with Gasteiger partial charge in [0, 0.05) is 5.56 Å². The highest BCUT2D eigenvalue weighted by Gasteiger charge is 2.35. The summed E-state index contributed by atoms with van der Waals surface area (Å²) >= 11 is 0. The Morgan fingerprint density at radius 2 is 2.03 bits per heavy atom. The van der Waals surface area contributed by atoms with Gasteiger partial charge in [0.1, 0.15) is 17.3 Å². The standard InChI is InChI=1S/C31H32FNO4.H2S/c1-31(2)15-5-8-25(31)29-27(37-33-30(29)24-17-22(36-3)12-13-26(24)32)14-9-19-6-4-7-21(16-19)23(18-28(34)35)20-10-11-20;/h4,6-9,12-14,16-17,20,23H,5,10-11,15,18H2,1-3H3,(H,34,35);1H2/b14-9+;/t23-;/m0./s1. The Morgan fingerprint density at radius 3 is 2.68 bits per heavy atom. The number of allylic oxidation sites excluding steroid dienone is 2. The summed E-state index contributed by atoms with van der Waals surface area (Å²) in [6.07, 6.45) is 10.2. The smallest absolute Gasteiger partial charge is 0.303 e. The van der Waals surface area contributed by atoms with Crippen LogP contribution >= 0.6 is 13.5 Å². The van der Waals surface area contributed by atoms with E-state index in [9.17, 15) is 14.3 Å². The Kier molecular flexibility index (Phi) is 8.16. The fraction of sp³-hybridized carbons (Fsp3) is 0.355. The second kappa shape index (κ2) is 11.2. The van der Waals surface area contributed by atoms with Gasteiger partial charge in [0.15, 0.2) is 5.76 Å². The van der Waals surface area contributed by atoms with Crippen LogP contribution in [0.25, 0.3) is 29.0 Å². The lowest BCUT2D eigenvalue weighted by Crippen LogP contribution is -2.10. The van der Waals surface area contributed by atoms with E-state index in [2.05, 4.69) is 31.1 Å². The van der Waals surface area contributed by atoms with Crippen molar-refractivity contribution in [2.24, 2.45) is 11.3 Å². The first-order valence-corrected chi connectivity index (χ1v) is 12.8. The lowest BCUT2D eigenvalue weighted by molar-refractivity contribution is -0.137. The zero-order chi connectivity index (χ0) is 26.2. The van der Waals surface area contributed by atoms with Crippen LogP contribution in [0.15, 0.2) is 53.1 Å². The molecule has 5 nitrogen and oxygen atoms in total. The normalized spacial score (nSPS) is 17.2. The number of methoxy groups -OCH3 is 1. The number of hydrogen-bond acceptors (Lipinski definition) is 4. The number of aromatic nitrogens is 1. The van der Waals surface area contributed by atoms with E-state index in [1.807, 2.05) is 30.4 Å². The molecular weight excluding hydrogens is 501 g/mol. The lowest BCUT2D eigenvalue weighted by Gasteiger charge is -2.22. The van der Waals surface area contributed by atoms with Crippen LogP contribution < -0.4 is 4.74 Å². The molecule has 0 bridgehead atoms. The Hall–Kier alpha value is -3.32. The summed E-state index contributed by atoms with van der Waals surface area (Å²) in [5.41, 5.74) is 4.57. The number of ether oxygens (including phenoxy) is 1. The predicted octanol–water partition coefficient (Wildman–Crippen LogP) is 7.94. The molecule has 2 aliphatic carbocycles. The molecule has 0 amide bonds. The van der Waals surface area contributed by atoms with Gasteiger partial charge in [-0.25, -0.2) is 4.39 Å². The molecule has 0 saturated heterocycles. The number of rotatable bonds is 9. The molecule has 0 radical (unpaired) electrons. The molecule has 1 N–H and O–H groups in total. The third kappa shape index (κ3) is 5.73. The van der Waals surface area contributed by atoms with Crippen molar-refractivity contribution in [1.29, 1.82) is 0 Å². The van der Waals surface area contributed by atoms with Crippen LogP contribution in [-0.2, 0) is 4.79 Å². The van der Waals surface area contributed by atoms with Gasteiger partial charge < -0.3 is 14.4 Å². The van der Waals surface area contributed by atoms with E-state index in [0.29, 0.717) is 28.7 Å². The van der Waals surface area contributed by atoms with E-state index >= 15 is 0 Å². The van der Waals surface area contributed by atoms with Gasteiger partial charge in [-0.2, -0.15) is 13.5 Å². The molecule has 1 atom stereocenters. The summed E-state index contributed by atoms with van der Waals surface area (Å²) in [7, 11) is 1.55. The minimum absolute atomic E-state index is 0. The fourth-order valence-corrected chi connectivity index (χ4v) is 5.41. The first kappa shape index (κ1) is 27.7. The third-order valence-corrected chi connectivity index (χ3v) is 7.61. The molecular formula is C31H34FNO4S. The summed E-state index contributed by atoms with van der Waals surface area (Å²) in [5.74, 6) is 0.416. The molecule has 1 heterocycles. The number of carboxylic acids is 1. The van der Waals surface area contributed by atoms with Crippen molar-refractivity contribution in [3.8, 4) is 17.0 Å². The van der Waals surface area contributed by atoms with Crippen molar-refractivity contribution in [2.75, 3.05) is 7.11 Å². The third-order valence-electron chi connectivity index (χ3n) is 7.61. The molecule has 2 aromatic carbocycles. The molecule has 0 spiro atoms. The molecule has 1 saturated carbocycles. The number of carboxylic acid groups (broad SMARTS) is 1. The van der Waals surface area contributed by atoms with Gasteiger partial charge in [-0.3, -0.25) is 4.79 Å². The number of nitrogens with zero attached hydrogens (tertiary/aromatic N) is 1. The van der Waals surface area contributed by atoms with Gasteiger partial charge in [0.2, 0.25) is 0 Å². The minimum atomic E-state index is -0.770. The zero-order valence-corrected chi connectivity index (χ0v) is 23.0. The van der Waals surface area contributed by atoms with Crippen LogP contribution in [-0.4, -0.2) is 23.3 Å². The largest absolute Gasteiger partial charge is 0.497 e. The van der Waals surface area contributed by atoms with Gasteiger partial charge >= 0.3 is 5.97 Å². The fourth-order valence-electron chi connectivity index (χ4n) is 5.41. The second-order valence-electron chi connectivity index (χ2n) is 10.7. The highest BCUT2D eigenvalue weighted by atomic mass is 32.1. The summed E-state index contributed by atoms with van der Waals surface area (Å²) in [5, 5.41) is 13.7. The summed E-state index contributed by atoms with van der Waals surface area (Å²) < 4.78 is 26.1. The van der Waals surface area contributed by atoms with Gasteiger partial charge in [-0.1, -0.05) is 55.4 Å². The Bertz CT molecular complexity index is 1390. The average molecular weight is 536 g/mol. The van der Waals surface area contributed by atoms with Gasteiger partial charge in [0.25, 0.3) is 0 Å². The molecule has 2 aliphatic rings. The average Bonchev–Trinajstić information content (AvgIpc) is 3.54. The number of aliphatic carboxylic acids is 1. The molecule has 1 aromatic heterocycles. The number of halogens is 1. The summed E-state index contributed by atoms with van der Waals surface area (Å²) in [4.78, 5) is 11.4. The van der Waals surface area contributed by atoms with E-state index < -0.39 is 5.97 Å². The van der Waals surface area contributed by atoms with E-state index in [4.69, 9.17) is 9.26 Å². The van der Waals surface area contributed by atoms with Crippen LogP contribution in [0, 0.1) is 17.2 Å². The van der Waals surface area contributed by atoms with Gasteiger partial charge in [-0.05, 0) is 83.9 Å². The molecule has 0 unspecified atom stereocenters. The molecule has 7 heteroatoms. The van der Waals surface area contributed by atoms with Crippen LogP contribution in [0.1, 0.15) is 74.3 Å². The maximum Gasteiger partial charge on any atom is 0.303 e. The van der Waals surface area contributed by atoms with Crippen molar-refractivity contribution in [2.45, 2.75) is 51.9 Å². The molecule has 0 aliphatic heterocycles. The SMILES string of the molecule is COc1ccc(F)c(-c2noc(/C=C/c3cccc([C@@H](CC(=O)O)C4CC4)c3)c2C2=CCCC2(C)C)c1.S. The van der Waals surface area contributed by atoms with Crippen LogP contribution in [0.5, 0.6) is 5.75 Å². The second-order valence-corrected chi connectivity index (χ2v) is 10.7. The van der Waals surface area contributed by atoms with Gasteiger partial charge in [-0.15, -0.1) is 0 Å². The van der Waals surface area contributed by atoms with Crippen LogP contribution in [0.2, 0.25) is 0 Å². The number of carbonyl (C=O) groups is 1. The van der Waals surface area contributed by atoms with Crippen LogP contribution in [0.3, 0.4) is 0 Å². The Morgan fingerprint density at radius 1 is 1.24 bits per heavy atom. The van der Waals surface area contributed by atoms with Crippen LogP contribution in [0.4, 0.5) is 4.39 Å². The topological polar surface area (TPSA) is 72.6 Å². The maximum atomic E-state index is 15.0. The van der Waals surface area contributed by atoms with Crippen molar-refractivity contribution in [3.05, 3.63) is 76.8 Å². The maximum absolute atomic E-state index is 15.0. The Labute approximate surface area is 229 Å². The number of hydrogen-bond donors (Lipinski definition) is 1. The quantitative estimate of drug-likeness (QED) is 0.301. The molecule has 200 valence electrons. The Balaban J connectivity index is 0.00000336.